The van der Waals surface area contributed by atoms with Gasteiger partial charge in [0.15, 0.2) is 0 Å². The van der Waals surface area contributed by atoms with E-state index in [0.29, 0.717) is 19.0 Å². The lowest BCUT2D eigenvalue weighted by Gasteiger charge is -2.22. The van der Waals surface area contributed by atoms with Crippen molar-refractivity contribution in [3.63, 3.8) is 0 Å². The van der Waals surface area contributed by atoms with Crippen molar-refractivity contribution in [1.82, 2.24) is 10.6 Å². The summed E-state index contributed by atoms with van der Waals surface area (Å²) in [6, 6.07) is 0.296. The number of methoxy groups -OCH3 is 1. The van der Waals surface area contributed by atoms with E-state index in [0.717, 1.165) is 0 Å². The van der Waals surface area contributed by atoms with Crippen LogP contribution >= 0.6 is 0 Å². The van der Waals surface area contributed by atoms with Gasteiger partial charge in [-0.15, -0.1) is 0 Å². The van der Waals surface area contributed by atoms with Crippen molar-refractivity contribution in [2.24, 2.45) is 0 Å². The molecule has 4 heteroatoms. The van der Waals surface area contributed by atoms with Gasteiger partial charge in [-0.1, -0.05) is 0 Å². The number of nitrogens with one attached hydrogen (secondary N) is 2. The van der Waals surface area contributed by atoms with Gasteiger partial charge in [0.2, 0.25) is 5.91 Å². The zero-order valence-electron chi connectivity index (χ0n) is 9.81. The molecule has 14 heavy (non-hydrogen) atoms. The summed E-state index contributed by atoms with van der Waals surface area (Å²) in [7, 11) is 3.49. The number of carbonyl (C=O) groups excluding carboxylic acids is 1. The Morgan fingerprint density at radius 3 is 2.50 bits per heavy atom. The fraction of sp³-hybridized carbons (Fsp3) is 0.900. The molecule has 0 heterocycles. The number of amides is 1. The first-order valence-electron chi connectivity index (χ1n) is 4.90. The summed E-state index contributed by atoms with van der Waals surface area (Å²) in [5.74, 6) is 0.0268. The van der Waals surface area contributed by atoms with Crippen molar-refractivity contribution >= 4 is 5.91 Å². The molecule has 0 aromatic carbocycles. The minimum atomic E-state index is -0.382. The van der Waals surface area contributed by atoms with Crippen molar-refractivity contribution in [2.45, 2.75) is 38.8 Å². The van der Waals surface area contributed by atoms with Crippen LogP contribution in [0.5, 0.6) is 0 Å². The van der Waals surface area contributed by atoms with E-state index in [-0.39, 0.29) is 11.5 Å². The fourth-order valence-electron chi connectivity index (χ4n) is 0.890. The SMILES string of the molecule is CNC(C)CNC(=O)CC(C)(C)OC. The van der Waals surface area contributed by atoms with E-state index in [1.807, 2.05) is 27.8 Å². The van der Waals surface area contributed by atoms with Crippen LogP contribution in [0.15, 0.2) is 0 Å². The molecule has 4 nitrogen and oxygen atoms in total. The molecule has 1 unspecified atom stereocenters. The highest BCUT2D eigenvalue weighted by Crippen LogP contribution is 2.11. The van der Waals surface area contributed by atoms with Crippen LogP contribution in [0.4, 0.5) is 0 Å². The molecule has 0 spiro atoms. The molecule has 84 valence electrons. The highest BCUT2D eigenvalue weighted by molar-refractivity contribution is 5.76. The van der Waals surface area contributed by atoms with Gasteiger partial charge in [0, 0.05) is 19.7 Å². The lowest BCUT2D eigenvalue weighted by molar-refractivity contribution is -0.126. The van der Waals surface area contributed by atoms with Crippen molar-refractivity contribution in [1.29, 1.82) is 0 Å². The monoisotopic (exact) mass is 202 g/mol. The molecule has 0 radical (unpaired) electrons. The highest BCUT2D eigenvalue weighted by atomic mass is 16.5. The molecule has 0 aromatic rings. The van der Waals surface area contributed by atoms with Crippen molar-refractivity contribution in [3.8, 4) is 0 Å². The van der Waals surface area contributed by atoms with Gasteiger partial charge >= 0.3 is 0 Å². The molecule has 0 saturated carbocycles. The summed E-state index contributed by atoms with van der Waals surface area (Å²) in [4.78, 5) is 11.4. The van der Waals surface area contributed by atoms with Crippen LogP contribution in [0.2, 0.25) is 0 Å². The molecule has 1 atom stereocenters. The maximum absolute atomic E-state index is 11.4. The normalized spacial score (nSPS) is 13.8. The Morgan fingerprint density at radius 2 is 2.07 bits per heavy atom. The summed E-state index contributed by atoms with van der Waals surface area (Å²) >= 11 is 0. The third kappa shape index (κ3) is 5.94. The van der Waals surface area contributed by atoms with E-state index in [4.69, 9.17) is 4.74 Å². The zero-order valence-corrected chi connectivity index (χ0v) is 9.81. The third-order valence-corrected chi connectivity index (χ3v) is 2.24. The van der Waals surface area contributed by atoms with Gasteiger partial charge in [-0.3, -0.25) is 4.79 Å². The molecule has 0 bridgehead atoms. The molecule has 2 N–H and O–H groups in total. The summed E-state index contributed by atoms with van der Waals surface area (Å²) in [5.41, 5.74) is -0.382. The fourth-order valence-corrected chi connectivity index (χ4v) is 0.890. The Kier molecular flexibility index (Phi) is 5.72. The number of hydrogen-bond acceptors (Lipinski definition) is 3. The van der Waals surface area contributed by atoms with E-state index >= 15 is 0 Å². The Labute approximate surface area is 86.4 Å². The molecule has 0 fully saturated rings. The standard InChI is InChI=1S/C10H22N2O2/c1-8(11-4)7-12-9(13)6-10(2,3)14-5/h8,11H,6-7H2,1-5H3,(H,12,13). The number of ether oxygens (including phenoxy) is 1. The zero-order chi connectivity index (χ0) is 11.2. The van der Waals surface area contributed by atoms with E-state index in [1.165, 1.54) is 0 Å². The number of carbonyl (C=O) groups is 1. The summed E-state index contributed by atoms with van der Waals surface area (Å²) < 4.78 is 5.16. The summed E-state index contributed by atoms with van der Waals surface area (Å²) in [6.45, 7) is 6.46. The topological polar surface area (TPSA) is 50.4 Å². The van der Waals surface area contributed by atoms with E-state index < -0.39 is 0 Å². The second-order valence-corrected chi connectivity index (χ2v) is 4.13. The van der Waals surface area contributed by atoms with Crippen LogP contribution in [-0.4, -0.2) is 38.3 Å². The quantitative estimate of drug-likeness (QED) is 0.660. The van der Waals surface area contributed by atoms with Gasteiger partial charge in [0.25, 0.3) is 0 Å². The predicted molar refractivity (Wildman–Crippen MR) is 57.2 cm³/mol. The van der Waals surface area contributed by atoms with Crippen LogP contribution in [0.1, 0.15) is 27.2 Å². The Hall–Kier alpha value is -0.610. The number of hydrogen-bond donors (Lipinski definition) is 2. The van der Waals surface area contributed by atoms with Gasteiger partial charge in [0.05, 0.1) is 12.0 Å². The predicted octanol–water partition coefficient (Wildman–Crippen LogP) is 0.526. The third-order valence-electron chi connectivity index (χ3n) is 2.24. The van der Waals surface area contributed by atoms with Crippen LogP contribution in [0.3, 0.4) is 0 Å². The maximum atomic E-state index is 11.4. The van der Waals surface area contributed by atoms with Gasteiger partial charge in [-0.05, 0) is 27.8 Å². The molecular weight excluding hydrogens is 180 g/mol. The average Bonchev–Trinajstić information content (AvgIpc) is 2.13. The van der Waals surface area contributed by atoms with E-state index in [9.17, 15) is 4.79 Å². The number of rotatable bonds is 6. The molecule has 1 amide bonds. The van der Waals surface area contributed by atoms with Gasteiger partial charge in [-0.2, -0.15) is 0 Å². The molecule has 0 aliphatic rings. The first-order chi connectivity index (χ1) is 6.41. The van der Waals surface area contributed by atoms with Crippen molar-refractivity contribution in [2.75, 3.05) is 20.7 Å². The van der Waals surface area contributed by atoms with Crippen molar-refractivity contribution in [3.05, 3.63) is 0 Å². The Bertz CT molecular complexity index is 181. The van der Waals surface area contributed by atoms with Crippen molar-refractivity contribution < 1.29 is 9.53 Å². The molecule has 0 aliphatic heterocycles. The number of likely N-dealkylation sites (N-methyl/N-ethyl adjacent to an activating group) is 1. The smallest absolute Gasteiger partial charge is 0.222 e. The van der Waals surface area contributed by atoms with E-state index in [2.05, 4.69) is 10.6 Å². The van der Waals surface area contributed by atoms with Gasteiger partial charge in [0.1, 0.15) is 0 Å². The second-order valence-electron chi connectivity index (χ2n) is 4.13. The molecule has 0 rings (SSSR count). The van der Waals surface area contributed by atoms with E-state index in [1.54, 1.807) is 7.11 Å². The molecular formula is C10H22N2O2. The van der Waals surface area contributed by atoms with Crippen LogP contribution < -0.4 is 10.6 Å². The summed E-state index contributed by atoms with van der Waals surface area (Å²) in [5, 5.41) is 5.89. The highest BCUT2D eigenvalue weighted by Gasteiger charge is 2.20. The lowest BCUT2D eigenvalue weighted by atomic mass is 10.0. The lowest BCUT2D eigenvalue weighted by Crippen LogP contribution is -2.40. The van der Waals surface area contributed by atoms with Crippen LogP contribution in [0, 0.1) is 0 Å². The second kappa shape index (κ2) is 5.98. The average molecular weight is 202 g/mol. The first kappa shape index (κ1) is 13.4. The molecule has 0 saturated heterocycles. The van der Waals surface area contributed by atoms with Gasteiger partial charge in [-0.25, -0.2) is 0 Å². The van der Waals surface area contributed by atoms with Crippen LogP contribution in [-0.2, 0) is 9.53 Å². The largest absolute Gasteiger partial charge is 0.378 e. The Morgan fingerprint density at radius 1 is 1.50 bits per heavy atom. The minimum absolute atomic E-state index is 0.0268. The molecule has 0 aliphatic carbocycles. The first-order valence-corrected chi connectivity index (χ1v) is 4.90. The minimum Gasteiger partial charge on any atom is -0.378 e. The maximum Gasteiger partial charge on any atom is 0.222 e. The summed E-state index contributed by atoms with van der Waals surface area (Å²) in [6.07, 6.45) is 0.389. The Balaban J connectivity index is 3.76. The van der Waals surface area contributed by atoms with Crippen LogP contribution in [0.25, 0.3) is 0 Å². The molecule has 0 aromatic heterocycles. The van der Waals surface area contributed by atoms with Gasteiger partial charge < -0.3 is 15.4 Å².